The highest BCUT2D eigenvalue weighted by Gasteiger charge is 2.35. The van der Waals surface area contributed by atoms with E-state index in [2.05, 4.69) is 10.6 Å². The average Bonchev–Trinajstić information content (AvgIpc) is 2.67. The summed E-state index contributed by atoms with van der Waals surface area (Å²) in [4.78, 5) is 46.8. The van der Waals surface area contributed by atoms with Crippen LogP contribution in [-0.4, -0.2) is 55.0 Å². The van der Waals surface area contributed by atoms with Crippen molar-refractivity contribution in [2.45, 2.75) is 26.7 Å². The van der Waals surface area contributed by atoms with Gasteiger partial charge in [0, 0.05) is 31.8 Å². The molecule has 1 heterocycles. The summed E-state index contributed by atoms with van der Waals surface area (Å²) in [5.74, 6) is -1.06. The van der Waals surface area contributed by atoms with Crippen LogP contribution >= 0.6 is 0 Å². The van der Waals surface area contributed by atoms with Crippen molar-refractivity contribution in [1.82, 2.24) is 15.5 Å². The van der Waals surface area contributed by atoms with Crippen LogP contribution in [0.5, 0.6) is 0 Å². The van der Waals surface area contributed by atoms with E-state index >= 15 is 0 Å². The minimum absolute atomic E-state index is 0.0470. The number of nitrogens with zero attached hydrogens (tertiary/aromatic N) is 1. The maximum Gasteiger partial charge on any atom is 0.407 e. The van der Waals surface area contributed by atoms with Crippen molar-refractivity contribution in [2.75, 3.05) is 26.2 Å². The Labute approximate surface area is 123 Å². The maximum absolute atomic E-state index is 11.6. The number of carbonyl (C=O) groups is 4. The van der Waals surface area contributed by atoms with E-state index in [0.717, 1.165) is 4.90 Å². The van der Waals surface area contributed by atoms with Gasteiger partial charge in [-0.2, -0.15) is 0 Å². The van der Waals surface area contributed by atoms with Gasteiger partial charge in [-0.25, -0.2) is 4.79 Å². The molecule has 8 nitrogen and oxygen atoms in total. The van der Waals surface area contributed by atoms with E-state index in [1.807, 2.05) is 0 Å². The van der Waals surface area contributed by atoms with Crippen LogP contribution in [0.4, 0.5) is 4.79 Å². The molecule has 4 amide bonds. The van der Waals surface area contributed by atoms with Crippen molar-refractivity contribution >= 4 is 23.8 Å². The Morgan fingerprint density at radius 3 is 2.62 bits per heavy atom. The van der Waals surface area contributed by atoms with Gasteiger partial charge in [-0.1, -0.05) is 6.92 Å². The van der Waals surface area contributed by atoms with E-state index in [9.17, 15) is 19.2 Å². The molecule has 0 bridgehead atoms. The third-order valence-corrected chi connectivity index (χ3v) is 3.01. The molecule has 1 atom stereocenters. The number of carbonyl (C=O) groups excluding carboxylic acids is 4. The molecule has 0 aliphatic carbocycles. The predicted molar refractivity (Wildman–Crippen MR) is 73.2 cm³/mol. The second kappa shape index (κ2) is 8.23. The first-order chi connectivity index (χ1) is 9.95. The Bertz CT molecular complexity index is 424. The van der Waals surface area contributed by atoms with Gasteiger partial charge in [-0.05, 0) is 6.92 Å². The number of ether oxygens (including phenoxy) is 1. The van der Waals surface area contributed by atoms with Crippen LogP contribution in [0.1, 0.15) is 26.7 Å². The topological polar surface area (TPSA) is 105 Å². The molecular weight excluding hydrogens is 278 g/mol. The minimum Gasteiger partial charge on any atom is -0.448 e. The second-order valence-electron chi connectivity index (χ2n) is 4.75. The maximum atomic E-state index is 11.6. The highest BCUT2D eigenvalue weighted by atomic mass is 16.5. The first kappa shape index (κ1) is 16.9. The molecule has 0 aromatic heterocycles. The Balaban J connectivity index is 2.16. The number of alkyl carbamates (subject to hydrolysis) is 1. The van der Waals surface area contributed by atoms with Crippen LogP contribution in [0, 0.1) is 5.92 Å². The zero-order chi connectivity index (χ0) is 15.8. The molecule has 1 rings (SSSR count). The van der Waals surface area contributed by atoms with Crippen molar-refractivity contribution in [3.8, 4) is 0 Å². The van der Waals surface area contributed by atoms with E-state index in [-0.39, 0.29) is 56.2 Å². The van der Waals surface area contributed by atoms with Gasteiger partial charge in [0.15, 0.2) is 0 Å². The molecule has 0 radical (unpaired) electrons. The zero-order valence-corrected chi connectivity index (χ0v) is 12.3. The van der Waals surface area contributed by atoms with Gasteiger partial charge < -0.3 is 15.4 Å². The zero-order valence-electron chi connectivity index (χ0n) is 12.3. The van der Waals surface area contributed by atoms with E-state index in [0.29, 0.717) is 6.54 Å². The van der Waals surface area contributed by atoms with Crippen molar-refractivity contribution < 1.29 is 23.9 Å². The molecule has 1 aliphatic rings. The number of imide groups is 1. The number of likely N-dealkylation sites (tertiary alicyclic amines) is 1. The van der Waals surface area contributed by atoms with Crippen LogP contribution in [0.2, 0.25) is 0 Å². The van der Waals surface area contributed by atoms with Crippen LogP contribution in [0.15, 0.2) is 0 Å². The van der Waals surface area contributed by atoms with Crippen molar-refractivity contribution in [1.29, 1.82) is 0 Å². The monoisotopic (exact) mass is 299 g/mol. The lowest BCUT2D eigenvalue weighted by atomic mass is 10.1. The molecule has 118 valence electrons. The lowest BCUT2D eigenvalue weighted by Crippen LogP contribution is -2.36. The molecule has 1 fully saturated rings. The van der Waals surface area contributed by atoms with Gasteiger partial charge >= 0.3 is 6.09 Å². The molecule has 2 N–H and O–H groups in total. The molecular formula is C13H21N3O5. The van der Waals surface area contributed by atoms with Crippen LogP contribution in [0.25, 0.3) is 0 Å². The fourth-order valence-corrected chi connectivity index (χ4v) is 1.91. The van der Waals surface area contributed by atoms with E-state index in [1.165, 1.54) is 0 Å². The first-order valence-electron chi connectivity index (χ1n) is 6.97. The van der Waals surface area contributed by atoms with Gasteiger partial charge in [0.05, 0.1) is 6.54 Å². The molecule has 8 heteroatoms. The molecule has 0 aromatic carbocycles. The predicted octanol–water partition coefficient (Wildman–Crippen LogP) is -0.366. The Kier molecular flexibility index (Phi) is 6.64. The van der Waals surface area contributed by atoms with Crippen LogP contribution < -0.4 is 10.6 Å². The summed E-state index contributed by atoms with van der Waals surface area (Å²) in [6, 6.07) is 0. The van der Waals surface area contributed by atoms with Gasteiger partial charge in [-0.15, -0.1) is 0 Å². The number of hydrogen-bond donors (Lipinski definition) is 2. The lowest BCUT2D eigenvalue weighted by Gasteiger charge is -2.14. The van der Waals surface area contributed by atoms with Gasteiger partial charge in [-0.3, -0.25) is 19.3 Å². The fraction of sp³-hybridized carbons (Fsp3) is 0.692. The number of nitrogens with one attached hydrogen (secondary N) is 2. The minimum atomic E-state index is -0.533. The van der Waals surface area contributed by atoms with Gasteiger partial charge in [0.1, 0.15) is 6.61 Å². The van der Waals surface area contributed by atoms with Crippen LogP contribution in [-0.2, 0) is 19.1 Å². The average molecular weight is 299 g/mol. The molecule has 1 saturated heterocycles. The number of hydrogen-bond acceptors (Lipinski definition) is 5. The van der Waals surface area contributed by atoms with Crippen LogP contribution in [0.3, 0.4) is 0 Å². The molecule has 1 unspecified atom stereocenters. The van der Waals surface area contributed by atoms with E-state index < -0.39 is 6.09 Å². The van der Waals surface area contributed by atoms with E-state index in [4.69, 9.17) is 4.74 Å². The van der Waals surface area contributed by atoms with Crippen molar-refractivity contribution in [2.24, 2.45) is 5.92 Å². The summed E-state index contributed by atoms with van der Waals surface area (Å²) in [6.07, 6.45) is -0.277. The smallest absolute Gasteiger partial charge is 0.407 e. The van der Waals surface area contributed by atoms with Gasteiger partial charge in [0.25, 0.3) is 0 Å². The third-order valence-electron chi connectivity index (χ3n) is 3.01. The summed E-state index contributed by atoms with van der Waals surface area (Å²) in [6.45, 7) is 4.28. The first-order valence-corrected chi connectivity index (χ1v) is 6.97. The lowest BCUT2D eigenvalue weighted by molar-refractivity contribution is -0.139. The highest BCUT2D eigenvalue weighted by Crippen LogP contribution is 2.18. The highest BCUT2D eigenvalue weighted by molar-refractivity contribution is 6.03. The molecule has 0 aromatic rings. The number of amides is 4. The SMILES string of the molecule is CCNC(=O)OCCNC(=O)CCN1C(=O)CC(C)C1=O. The Morgan fingerprint density at radius 1 is 1.33 bits per heavy atom. The molecule has 21 heavy (non-hydrogen) atoms. The Morgan fingerprint density at radius 2 is 2.05 bits per heavy atom. The quantitative estimate of drug-likeness (QED) is 0.493. The number of rotatable bonds is 7. The largest absolute Gasteiger partial charge is 0.448 e. The summed E-state index contributed by atoms with van der Waals surface area (Å²) in [5.41, 5.74) is 0. The second-order valence-corrected chi connectivity index (χ2v) is 4.75. The standard InChI is InChI=1S/C13H21N3O5/c1-3-14-13(20)21-7-5-15-10(17)4-6-16-11(18)8-9(2)12(16)19/h9H,3-8H2,1-2H3,(H,14,20)(H,15,17). The molecule has 0 saturated carbocycles. The van der Waals surface area contributed by atoms with Crippen molar-refractivity contribution in [3.05, 3.63) is 0 Å². The van der Waals surface area contributed by atoms with Crippen molar-refractivity contribution in [3.63, 3.8) is 0 Å². The summed E-state index contributed by atoms with van der Waals surface area (Å²) in [7, 11) is 0. The third kappa shape index (κ3) is 5.41. The van der Waals surface area contributed by atoms with Gasteiger partial charge in [0.2, 0.25) is 17.7 Å². The summed E-state index contributed by atoms with van der Waals surface area (Å²) < 4.78 is 4.78. The molecule has 1 aliphatic heterocycles. The summed E-state index contributed by atoms with van der Waals surface area (Å²) >= 11 is 0. The van der Waals surface area contributed by atoms with E-state index in [1.54, 1.807) is 13.8 Å². The fourth-order valence-electron chi connectivity index (χ4n) is 1.91. The normalized spacial score (nSPS) is 17.8. The summed E-state index contributed by atoms with van der Waals surface area (Å²) in [5, 5.41) is 5.01. The Hall–Kier alpha value is -2.12. The molecule has 0 spiro atoms.